The van der Waals surface area contributed by atoms with E-state index in [1.807, 2.05) is 0 Å². The van der Waals surface area contributed by atoms with Crippen molar-refractivity contribution in [3.05, 3.63) is 47.8 Å². The average Bonchev–Trinajstić information content (AvgIpc) is 2.90. The van der Waals surface area contributed by atoms with Crippen molar-refractivity contribution in [3.8, 4) is 0 Å². The van der Waals surface area contributed by atoms with Crippen molar-refractivity contribution in [2.75, 3.05) is 19.3 Å². The van der Waals surface area contributed by atoms with Gasteiger partial charge in [0.1, 0.15) is 6.54 Å². The van der Waals surface area contributed by atoms with E-state index in [9.17, 15) is 4.79 Å². The molecular formula is C16H21N5O. The zero-order chi connectivity index (χ0) is 15.5. The first-order valence-electron chi connectivity index (χ1n) is 7.43. The van der Waals surface area contributed by atoms with E-state index in [0.717, 1.165) is 13.0 Å². The number of aromatic nitrogens is 2. The average molecular weight is 299 g/mol. The lowest BCUT2D eigenvalue weighted by Gasteiger charge is -2.34. The van der Waals surface area contributed by atoms with E-state index in [2.05, 4.69) is 46.6 Å². The van der Waals surface area contributed by atoms with Crippen molar-refractivity contribution >= 4 is 11.6 Å². The van der Waals surface area contributed by atoms with E-state index < -0.39 is 0 Å². The summed E-state index contributed by atoms with van der Waals surface area (Å²) in [6.45, 7) is 1.76. The first-order chi connectivity index (χ1) is 10.6. The van der Waals surface area contributed by atoms with Crippen molar-refractivity contribution in [2.45, 2.75) is 25.6 Å². The van der Waals surface area contributed by atoms with Gasteiger partial charge < -0.3 is 11.1 Å². The topological polar surface area (TPSA) is 76.2 Å². The predicted molar refractivity (Wildman–Crippen MR) is 85.1 cm³/mol. The second-order valence-corrected chi connectivity index (χ2v) is 5.82. The summed E-state index contributed by atoms with van der Waals surface area (Å²) in [4.78, 5) is 14.3. The molecule has 0 aliphatic carbocycles. The van der Waals surface area contributed by atoms with Gasteiger partial charge in [-0.25, -0.2) is 0 Å². The van der Waals surface area contributed by atoms with Crippen LogP contribution < -0.4 is 11.1 Å². The maximum absolute atomic E-state index is 12.0. The number of hydrogen-bond donors (Lipinski definition) is 2. The molecule has 6 heteroatoms. The van der Waals surface area contributed by atoms with Crippen LogP contribution in [0.2, 0.25) is 0 Å². The minimum absolute atomic E-state index is 0.0460. The van der Waals surface area contributed by atoms with Gasteiger partial charge in [-0.2, -0.15) is 5.10 Å². The largest absolute Gasteiger partial charge is 0.396 e. The molecule has 0 fully saturated rings. The highest BCUT2D eigenvalue weighted by molar-refractivity contribution is 5.75. The highest BCUT2D eigenvalue weighted by atomic mass is 16.2. The number of fused-ring (bicyclic) bond motifs is 1. The molecule has 3 rings (SSSR count). The van der Waals surface area contributed by atoms with Crippen LogP contribution in [0, 0.1) is 0 Å². The minimum atomic E-state index is -0.0460. The van der Waals surface area contributed by atoms with Crippen LogP contribution in [0.15, 0.2) is 36.7 Å². The van der Waals surface area contributed by atoms with Gasteiger partial charge in [0.25, 0.3) is 0 Å². The number of rotatable bonds is 4. The standard InChI is InChI=1S/C16H21N5O/c1-20-9-13-5-3-2-4-12(13)6-15(20)8-18-16(22)11-21-10-14(17)7-19-21/h2-5,7,10,15H,6,8-9,11,17H2,1H3,(H,18,22). The third-order valence-electron chi connectivity index (χ3n) is 4.11. The fraction of sp³-hybridized carbons (Fsp3) is 0.375. The quantitative estimate of drug-likeness (QED) is 0.868. The van der Waals surface area contributed by atoms with Crippen LogP contribution in [-0.4, -0.2) is 40.2 Å². The molecule has 1 unspecified atom stereocenters. The molecule has 1 aromatic carbocycles. The molecule has 3 N–H and O–H groups in total. The number of carbonyl (C=O) groups is 1. The van der Waals surface area contributed by atoms with Crippen LogP contribution in [0.25, 0.3) is 0 Å². The molecule has 1 amide bonds. The zero-order valence-electron chi connectivity index (χ0n) is 12.7. The van der Waals surface area contributed by atoms with Crippen molar-refractivity contribution in [3.63, 3.8) is 0 Å². The molecule has 1 aliphatic rings. The number of nitrogens with two attached hydrogens (primary N) is 1. The highest BCUT2D eigenvalue weighted by Gasteiger charge is 2.23. The van der Waals surface area contributed by atoms with Gasteiger partial charge in [0.2, 0.25) is 5.91 Å². The maximum Gasteiger partial charge on any atom is 0.241 e. The van der Waals surface area contributed by atoms with Gasteiger partial charge >= 0.3 is 0 Å². The summed E-state index contributed by atoms with van der Waals surface area (Å²) in [7, 11) is 2.10. The Balaban J connectivity index is 1.54. The molecule has 6 nitrogen and oxygen atoms in total. The number of benzene rings is 1. The molecule has 0 saturated heterocycles. The van der Waals surface area contributed by atoms with Gasteiger partial charge in [-0.15, -0.1) is 0 Å². The Hall–Kier alpha value is -2.34. The van der Waals surface area contributed by atoms with Crippen LogP contribution in [0.5, 0.6) is 0 Å². The number of amides is 1. The molecule has 116 valence electrons. The Morgan fingerprint density at radius 2 is 2.18 bits per heavy atom. The molecule has 0 radical (unpaired) electrons. The molecule has 0 saturated carbocycles. The van der Waals surface area contributed by atoms with Crippen molar-refractivity contribution in [1.82, 2.24) is 20.0 Å². The van der Waals surface area contributed by atoms with E-state index >= 15 is 0 Å². The number of anilines is 1. The van der Waals surface area contributed by atoms with Crippen molar-refractivity contribution < 1.29 is 4.79 Å². The lowest BCUT2D eigenvalue weighted by molar-refractivity contribution is -0.122. The van der Waals surface area contributed by atoms with Gasteiger partial charge in [0.15, 0.2) is 0 Å². The smallest absolute Gasteiger partial charge is 0.241 e. The summed E-state index contributed by atoms with van der Waals surface area (Å²) in [6.07, 6.45) is 4.16. The van der Waals surface area contributed by atoms with E-state index in [1.54, 1.807) is 17.1 Å². The first kappa shape index (κ1) is 14.6. The van der Waals surface area contributed by atoms with E-state index in [0.29, 0.717) is 18.3 Å². The molecule has 1 atom stereocenters. The monoisotopic (exact) mass is 299 g/mol. The van der Waals surface area contributed by atoms with Gasteiger partial charge in [0.05, 0.1) is 11.9 Å². The highest BCUT2D eigenvalue weighted by Crippen LogP contribution is 2.21. The predicted octanol–water partition coefficient (Wildman–Crippen LogP) is 0.638. The van der Waals surface area contributed by atoms with Crippen molar-refractivity contribution in [2.24, 2.45) is 0 Å². The summed E-state index contributed by atoms with van der Waals surface area (Å²) in [5, 5.41) is 7.00. The molecule has 2 heterocycles. The van der Waals surface area contributed by atoms with Crippen LogP contribution >= 0.6 is 0 Å². The summed E-state index contributed by atoms with van der Waals surface area (Å²) in [5.74, 6) is -0.0460. The Kier molecular flexibility index (Phi) is 4.11. The van der Waals surface area contributed by atoms with Gasteiger partial charge in [0, 0.05) is 25.3 Å². The number of hydrogen-bond acceptors (Lipinski definition) is 4. The Labute approximate surface area is 129 Å². The minimum Gasteiger partial charge on any atom is -0.396 e. The van der Waals surface area contributed by atoms with Crippen LogP contribution in [0.3, 0.4) is 0 Å². The zero-order valence-corrected chi connectivity index (χ0v) is 12.7. The Morgan fingerprint density at radius 3 is 2.91 bits per heavy atom. The number of nitrogen functional groups attached to an aromatic ring is 1. The van der Waals surface area contributed by atoms with Crippen LogP contribution in [-0.2, 0) is 24.3 Å². The molecule has 22 heavy (non-hydrogen) atoms. The third kappa shape index (κ3) is 3.28. The maximum atomic E-state index is 12.0. The summed E-state index contributed by atoms with van der Waals surface area (Å²) in [5.41, 5.74) is 8.90. The fourth-order valence-corrected chi connectivity index (χ4v) is 2.85. The number of carbonyl (C=O) groups excluding carboxylic acids is 1. The first-order valence-corrected chi connectivity index (χ1v) is 7.43. The van der Waals surface area contributed by atoms with E-state index in [1.165, 1.54) is 11.1 Å². The fourth-order valence-electron chi connectivity index (χ4n) is 2.85. The van der Waals surface area contributed by atoms with Crippen LogP contribution in [0.4, 0.5) is 5.69 Å². The molecular weight excluding hydrogens is 278 g/mol. The van der Waals surface area contributed by atoms with E-state index in [-0.39, 0.29) is 12.5 Å². The number of nitrogens with zero attached hydrogens (tertiary/aromatic N) is 3. The Morgan fingerprint density at radius 1 is 1.41 bits per heavy atom. The second kappa shape index (κ2) is 6.19. The SMILES string of the molecule is CN1Cc2ccccc2CC1CNC(=O)Cn1cc(N)cn1. The second-order valence-electron chi connectivity index (χ2n) is 5.82. The molecule has 0 bridgehead atoms. The molecule has 1 aromatic heterocycles. The molecule has 0 spiro atoms. The van der Waals surface area contributed by atoms with E-state index in [4.69, 9.17) is 5.73 Å². The number of nitrogens with one attached hydrogen (secondary N) is 1. The third-order valence-corrected chi connectivity index (χ3v) is 4.11. The molecule has 1 aliphatic heterocycles. The van der Waals surface area contributed by atoms with Crippen molar-refractivity contribution in [1.29, 1.82) is 0 Å². The van der Waals surface area contributed by atoms with Gasteiger partial charge in [-0.1, -0.05) is 24.3 Å². The number of likely N-dealkylation sites (N-methyl/N-ethyl adjacent to an activating group) is 1. The lowest BCUT2D eigenvalue weighted by Crippen LogP contribution is -2.46. The Bertz CT molecular complexity index is 666. The lowest BCUT2D eigenvalue weighted by atomic mass is 9.94. The summed E-state index contributed by atoms with van der Waals surface area (Å²) in [6, 6.07) is 8.81. The molecule has 2 aromatic rings. The summed E-state index contributed by atoms with van der Waals surface area (Å²) < 4.78 is 1.55. The van der Waals surface area contributed by atoms with Gasteiger partial charge in [-0.05, 0) is 24.6 Å². The van der Waals surface area contributed by atoms with Crippen LogP contribution in [0.1, 0.15) is 11.1 Å². The normalized spacial score (nSPS) is 18.0. The summed E-state index contributed by atoms with van der Waals surface area (Å²) >= 11 is 0. The van der Waals surface area contributed by atoms with Gasteiger partial charge in [-0.3, -0.25) is 14.4 Å².